The number of benzene rings is 1. The van der Waals surface area contributed by atoms with Crippen molar-refractivity contribution in [1.82, 2.24) is 5.32 Å². The molecule has 130 valence electrons. The molecule has 0 aromatic heterocycles. The molecular formula is C18H23NO5. The fraction of sp³-hybridized carbons (Fsp3) is 0.556. The first-order valence-electron chi connectivity index (χ1n) is 8.41. The zero-order valence-electron chi connectivity index (χ0n) is 13.6. The maximum absolute atomic E-state index is 11.9. The van der Waals surface area contributed by atoms with Gasteiger partial charge in [-0.3, -0.25) is 9.59 Å². The second-order valence-electron chi connectivity index (χ2n) is 6.45. The van der Waals surface area contributed by atoms with Crippen molar-refractivity contribution in [1.29, 1.82) is 0 Å². The first-order chi connectivity index (χ1) is 11.6. The maximum Gasteiger partial charge on any atom is 0.307 e. The van der Waals surface area contributed by atoms with Gasteiger partial charge < -0.3 is 19.9 Å². The molecule has 1 aliphatic heterocycles. The van der Waals surface area contributed by atoms with Gasteiger partial charge in [0.2, 0.25) is 5.91 Å². The summed E-state index contributed by atoms with van der Waals surface area (Å²) in [6, 6.07) is 7.91. The maximum atomic E-state index is 11.9. The number of ether oxygens (including phenoxy) is 2. The van der Waals surface area contributed by atoms with Gasteiger partial charge in [0.15, 0.2) is 0 Å². The van der Waals surface area contributed by atoms with Crippen molar-refractivity contribution < 1.29 is 24.2 Å². The van der Waals surface area contributed by atoms with Crippen LogP contribution in [0.1, 0.15) is 30.4 Å². The van der Waals surface area contributed by atoms with Gasteiger partial charge in [-0.15, -0.1) is 0 Å². The summed E-state index contributed by atoms with van der Waals surface area (Å²) in [7, 11) is 0. The predicted molar refractivity (Wildman–Crippen MR) is 86.2 cm³/mol. The Morgan fingerprint density at radius 3 is 2.67 bits per heavy atom. The first-order valence-corrected chi connectivity index (χ1v) is 8.41. The highest BCUT2D eigenvalue weighted by Crippen LogP contribution is 2.38. The minimum atomic E-state index is -0.887. The third-order valence-electron chi connectivity index (χ3n) is 4.56. The van der Waals surface area contributed by atoms with Gasteiger partial charge in [-0.05, 0) is 30.4 Å². The highest BCUT2D eigenvalue weighted by molar-refractivity contribution is 5.89. The van der Waals surface area contributed by atoms with Crippen molar-refractivity contribution >= 4 is 11.9 Å². The third kappa shape index (κ3) is 4.55. The zero-order valence-corrected chi connectivity index (χ0v) is 13.6. The van der Waals surface area contributed by atoms with E-state index in [1.807, 2.05) is 24.3 Å². The Labute approximate surface area is 141 Å². The van der Waals surface area contributed by atoms with Crippen LogP contribution in [0.25, 0.3) is 0 Å². The lowest BCUT2D eigenvalue weighted by Gasteiger charge is -2.22. The van der Waals surface area contributed by atoms with Gasteiger partial charge in [-0.2, -0.15) is 0 Å². The van der Waals surface area contributed by atoms with E-state index >= 15 is 0 Å². The second-order valence-corrected chi connectivity index (χ2v) is 6.45. The van der Waals surface area contributed by atoms with Crippen molar-refractivity contribution in [3.63, 3.8) is 0 Å². The molecule has 1 aromatic rings. The summed E-state index contributed by atoms with van der Waals surface area (Å²) >= 11 is 0. The number of carboxylic acid groups (broad SMARTS) is 1. The summed E-state index contributed by atoms with van der Waals surface area (Å²) in [5.41, 5.74) is 2.06. The molecule has 1 aromatic carbocycles. The third-order valence-corrected chi connectivity index (χ3v) is 4.56. The van der Waals surface area contributed by atoms with Gasteiger partial charge in [0.25, 0.3) is 0 Å². The topological polar surface area (TPSA) is 84.9 Å². The molecule has 1 saturated heterocycles. The van der Waals surface area contributed by atoms with E-state index in [2.05, 4.69) is 5.32 Å². The normalized spacial score (nSPS) is 23.7. The van der Waals surface area contributed by atoms with Crippen LogP contribution in [0.5, 0.6) is 0 Å². The number of aliphatic carboxylic acids is 1. The molecule has 24 heavy (non-hydrogen) atoms. The molecule has 0 spiro atoms. The lowest BCUT2D eigenvalue weighted by molar-refractivity contribution is -0.140. The molecule has 1 saturated carbocycles. The molecular weight excluding hydrogens is 310 g/mol. The molecule has 6 nitrogen and oxygen atoms in total. The van der Waals surface area contributed by atoms with Crippen LogP contribution < -0.4 is 5.32 Å². The Morgan fingerprint density at radius 2 is 1.96 bits per heavy atom. The Morgan fingerprint density at radius 1 is 1.21 bits per heavy atom. The van der Waals surface area contributed by atoms with Crippen LogP contribution in [0.2, 0.25) is 0 Å². The SMILES string of the molecule is O=C(O)[C@@H]1C[C@H]1C(=O)NCc1cccc(COC2CCOCC2)c1. The fourth-order valence-electron chi connectivity index (χ4n) is 2.96. The zero-order chi connectivity index (χ0) is 16.9. The van der Waals surface area contributed by atoms with Gasteiger partial charge in [-0.25, -0.2) is 0 Å². The van der Waals surface area contributed by atoms with Crippen LogP contribution in [-0.2, 0) is 32.2 Å². The molecule has 3 rings (SSSR count). The minimum absolute atomic E-state index is 0.175. The van der Waals surface area contributed by atoms with Crippen LogP contribution in [0, 0.1) is 11.8 Å². The van der Waals surface area contributed by atoms with Gasteiger partial charge >= 0.3 is 5.97 Å². The average Bonchev–Trinajstić information content (AvgIpc) is 3.40. The molecule has 2 fully saturated rings. The van der Waals surface area contributed by atoms with E-state index in [1.54, 1.807) is 0 Å². The Kier molecular flexibility index (Phi) is 5.48. The number of hydrogen-bond acceptors (Lipinski definition) is 4. The van der Waals surface area contributed by atoms with E-state index in [4.69, 9.17) is 14.6 Å². The lowest BCUT2D eigenvalue weighted by atomic mass is 10.1. The quantitative estimate of drug-likeness (QED) is 0.794. The Balaban J connectivity index is 1.44. The number of carbonyl (C=O) groups excluding carboxylic acids is 1. The summed E-state index contributed by atoms with van der Waals surface area (Å²) < 4.78 is 11.2. The molecule has 1 heterocycles. The Bertz CT molecular complexity index is 597. The largest absolute Gasteiger partial charge is 0.481 e. The summed E-state index contributed by atoms with van der Waals surface area (Å²) in [5, 5.41) is 11.7. The van der Waals surface area contributed by atoms with E-state index in [1.165, 1.54) is 0 Å². The first kappa shape index (κ1) is 16.9. The van der Waals surface area contributed by atoms with E-state index < -0.39 is 11.9 Å². The standard InChI is InChI=1S/C18H23NO5/c20-17(15-9-16(15)18(21)22)19-10-12-2-1-3-13(8-12)11-24-14-4-6-23-7-5-14/h1-3,8,14-16H,4-7,9-11H2,(H,19,20)(H,21,22)/t15-,16-/m1/s1. The van der Waals surface area contributed by atoms with Gasteiger partial charge in [0.1, 0.15) is 0 Å². The molecule has 6 heteroatoms. The van der Waals surface area contributed by atoms with Crippen LogP contribution in [0.3, 0.4) is 0 Å². The van der Waals surface area contributed by atoms with E-state index in [0.717, 1.165) is 37.2 Å². The lowest BCUT2D eigenvalue weighted by Crippen LogP contribution is -2.26. The second kappa shape index (κ2) is 7.77. The molecule has 0 bridgehead atoms. The number of hydrogen-bond donors (Lipinski definition) is 2. The van der Waals surface area contributed by atoms with Crippen LogP contribution in [-0.4, -0.2) is 36.3 Å². The predicted octanol–water partition coefficient (Wildman–Crippen LogP) is 1.72. The average molecular weight is 333 g/mol. The smallest absolute Gasteiger partial charge is 0.307 e. The van der Waals surface area contributed by atoms with Crippen molar-refractivity contribution in [3.8, 4) is 0 Å². The fourth-order valence-corrected chi connectivity index (χ4v) is 2.96. The van der Waals surface area contributed by atoms with E-state index in [9.17, 15) is 9.59 Å². The van der Waals surface area contributed by atoms with E-state index in [-0.39, 0.29) is 17.9 Å². The number of carboxylic acids is 1. The highest BCUT2D eigenvalue weighted by Gasteiger charge is 2.48. The molecule has 2 atom stereocenters. The number of nitrogens with one attached hydrogen (secondary N) is 1. The molecule has 2 N–H and O–H groups in total. The molecule has 1 amide bonds. The monoisotopic (exact) mass is 333 g/mol. The van der Waals surface area contributed by atoms with Crippen molar-refractivity contribution in [3.05, 3.63) is 35.4 Å². The van der Waals surface area contributed by atoms with Gasteiger partial charge in [0.05, 0.1) is 24.5 Å². The molecule has 0 unspecified atom stereocenters. The molecule has 1 aliphatic carbocycles. The summed E-state index contributed by atoms with van der Waals surface area (Å²) in [5.74, 6) is -1.94. The highest BCUT2D eigenvalue weighted by atomic mass is 16.5. The van der Waals surface area contributed by atoms with Crippen molar-refractivity contribution in [2.45, 2.75) is 38.5 Å². The Hall–Kier alpha value is -1.92. The van der Waals surface area contributed by atoms with Crippen molar-refractivity contribution in [2.24, 2.45) is 11.8 Å². The van der Waals surface area contributed by atoms with Gasteiger partial charge in [-0.1, -0.05) is 24.3 Å². The van der Waals surface area contributed by atoms with E-state index in [0.29, 0.717) is 19.6 Å². The summed E-state index contributed by atoms with van der Waals surface area (Å²) in [6.45, 7) is 2.48. The van der Waals surface area contributed by atoms with Crippen molar-refractivity contribution in [2.75, 3.05) is 13.2 Å². The van der Waals surface area contributed by atoms with Crippen LogP contribution in [0.4, 0.5) is 0 Å². The number of carbonyl (C=O) groups is 2. The number of rotatable bonds is 7. The molecule has 2 aliphatic rings. The summed E-state index contributed by atoms with van der Waals surface area (Å²) in [6.07, 6.45) is 2.56. The van der Waals surface area contributed by atoms with Gasteiger partial charge in [0, 0.05) is 19.8 Å². The van der Waals surface area contributed by atoms with Crippen LogP contribution in [0.15, 0.2) is 24.3 Å². The summed E-state index contributed by atoms with van der Waals surface area (Å²) in [4.78, 5) is 22.7. The molecule has 0 radical (unpaired) electrons. The minimum Gasteiger partial charge on any atom is -0.481 e. The number of amides is 1. The van der Waals surface area contributed by atoms with Crippen LogP contribution >= 0.6 is 0 Å².